The molecule has 0 saturated carbocycles. The summed E-state index contributed by atoms with van der Waals surface area (Å²) in [7, 11) is -2.87. The average Bonchev–Trinajstić information content (AvgIpc) is 2.70. The molecule has 2 N–H and O–H groups in total. The highest BCUT2D eigenvalue weighted by molar-refractivity contribution is 7.78. The molecule has 0 heterocycles. The quantitative estimate of drug-likeness (QED) is 0.621. The van der Waals surface area contributed by atoms with Crippen LogP contribution >= 0.6 is 7.14 Å². The van der Waals surface area contributed by atoms with Gasteiger partial charge in [-0.05, 0) is 12.0 Å². The van der Waals surface area contributed by atoms with Gasteiger partial charge in [0.05, 0.1) is 0 Å². The van der Waals surface area contributed by atoms with Crippen LogP contribution in [0.3, 0.4) is 0 Å². The second kappa shape index (κ2) is 8.03. The first-order valence-electron chi connectivity index (χ1n) is 9.13. The SMILES string of the molecule is CCCC(N)(CP(=O)(c1ccccc1)c1ccccc1)c1ccccc1. The van der Waals surface area contributed by atoms with Crippen LogP contribution in [0.25, 0.3) is 0 Å². The second-order valence-electron chi connectivity index (χ2n) is 6.84. The fourth-order valence-corrected chi connectivity index (χ4v) is 6.70. The molecule has 0 saturated heterocycles. The minimum absolute atomic E-state index is 0.423. The highest BCUT2D eigenvalue weighted by Gasteiger charge is 2.38. The molecule has 1 unspecified atom stereocenters. The molecule has 3 aromatic carbocycles. The average molecular weight is 363 g/mol. The summed E-state index contributed by atoms with van der Waals surface area (Å²) in [5, 5.41) is 1.74. The number of hydrogen-bond acceptors (Lipinski definition) is 2. The largest absolute Gasteiger partial charge is 0.321 e. The predicted octanol–water partition coefficient (Wildman–Crippen LogP) is 4.65. The molecular formula is C23H26NOP. The van der Waals surface area contributed by atoms with Gasteiger partial charge < -0.3 is 10.3 Å². The molecule has 2 nitrogen and oxygen atoms in total. The van der Waals surface area contributed by atoms with Gasteiger partial charge in [-0.25, -0.2) is 0 Å². The first-order chi connectivity index (χ1) is 12.6. The Hall–Kier alpha value is -2.15. The molecule has 0 bridgehead atoms. The van der Waals surface area contributed by atoms with E-state index in [0.717, 1.165) is 29.0 Å². The molecule has 134 valence electrons. The van der Waals surface area contributed by atoms with E-state index in [0.29, 0.717) is 6.16 Å². The van der Waals surface area contributed by atoms with Crippen LogP contribution in [0.1, 0.15) is 25.3 Å². The van der Waals surface area contributed by atoms with Gasteiger partial charge in [0.15, 0.2) is 0 Å². The lowest BCUT2D eigenvalue weighted by Gasteiger charge is -2.34. The summed E-state index contributed by atoms with van der Waals surface area (Å²) in [5.74, 6) is 0. The van der Waals surface area contributed by atoms with Crippen molar-refractivity contribution in [2.24, 2.45) is 5.73 Å². The van der Waals surface area contributed by atoms with E-state index in [4.69, 9.17) is 5.73 Å². The summed E-state index contributed by atoms with van der Waals surface area (Å²) >= 11 is 0. The number of rotatable bonds is 7. The summed E-state index contributed by atoms with van der Waals surface area (Å²) in [6.45, 7) is 2.13. The van der Waals surface area contributed by atoms with E-state index < -0.39 is 12.7 Å². The van der Waals surface area contributed by atoms with E-state index in [1.54, 1.807) is 0 Å². The Morgan fingerprint density at radius 1 is 0.769 bits per heavy atom. The van der Waals surface area contributed by atoms with Crippen molar-refractivity contribution in [3.63, 3.8) is 0 Å². The van der Waals surface area contributed by atoms with Gasteiger partial charge in [-0.15, -0.1) is 0 Å². The maximum Gasteiger partial charge on any atom is 0.145 e. The van der Waals surface area contributed by atoms with Gasteiger partial charge in [0, 0.05) is 22.3 Å². The fourth-order valence-electron chi connectivity index (χ4n) is 3.60. The van der Waals surface area contributed by atoms with E-state index in [-0.39, 0.29) is 0 Å². The van der Waals surface area contributed by atoms with Crippen molar-refractivity contribution in [2.75, 3.05) is 6.16 Å². The maximum absolute atomic E-state index is 14.4. The van der Waals surface area contributed by atoms with Crippen LogP contribution in [-0.4, -0.2) is 6.16 Å². The van der Waals surface area contributed by atoms with Crippen molar-refractivity contribution in [3.05, 3.63) is 96.6 Å². The zero-order valence-electron chi connectivity index (χ0n) is 15.2. The van der Waals surface area contributed by atoms with E-state index in [1.165, 1.54) is 0 Å². The lowest BCUT2D eigenvalue weighted by atomic mass is 9.88. The maximum atomic E-state index is 14.4. The summed E-state index contributed by atoms with van der Waals surface area (Å²) < 4.78 is 14.4. The summed E-state index contributed by atoms with van der Waals surface area (Å²) in [5.41, 5.74) is 7.34. The highest BCUT2D eigenvalue weighted by Crippen LogP contribution is 2.48. The molecule has 0 radical (unpaired) electrons. The van der Waals surface area contributed by atoms with Gasteiger partial charge in [0.25, 0.3) is 0 Å². The van der Waals surface area contributed by atoms with Crippen molar-refractivity contribution >= 4 is 17.8 Å². The van der Waals surface area contributed by atoms with Gasteiger partial charge in [-0.2, -0.15) is 0 Å². The topological polar surface area (TPSA) is 43.1 Å². The van der Waals surface area contributed by atoms with Gasteiger partial charge in [0.2, 0.25) is 0 Å². The first-order valence-corrected chi connectivity index (χ1v) is 11.0. The lowest BCUT2D eigenvalue weighted by Crippen LogP contribution is -2.42. The van der Waals surface area contributed by atoms with Crippen LogP contribution in [0, 0.1) is 0 Å². The summed E-state index contributed by atoms with van der Waals surface area (Å²) in [6, 6.07) is 29.7. The van der Waals surface area contributed by atoms with E-state index in [2.05, 4.69) is 19.1 Å². The predicted molar refractivity (Wildman–Crippen MR) is 112 cm³/mol. The third kappa shape index (κ3) is 3.82. The summed E-state index contributed by atoms with van der Waals surface area (Å²) in [6.07, 6.45) is 2.15. The second-order valence-corrected chi connectivity index (χ2v) is 9.67. The van der Waals surface area contributed by atoms with Crippen LogP contribution < -0.4 is 16.3 Å². The molecule has 3 rings (SSSR count). The normalized spacial score (nSPS) is 13.9. The number of nitrogens with two attached hydrogens (primary N) is 1. The molecule has 0 aliphatic rings. The molecular weight excluding hydrogens is 337 g/mol. The van der Waals surface area contributed by atoms with Gasteiger partial charge >= 0.3 is 0 Å². The molecule has 0 aliphatic heterocycles. The van der Waals surface area contributed by atoms with Crippen LogP contribution in [0.15, 0.2) is 91.0 Å². The molecule has 0 spiro atoms. The Bertz CT molecular complexity index is 821. The fraction of sp³-hybridized carbons (Fsp3) is 0.217. The van der Waals surface area contributed by atoms with Crippen molar-refractivity contribution in [1.82, 2.24) is 0 Å². The molecule has 26 heavy (non-hydrogen) atoms. The molecule has 0 aliphatic carbocycles. The van der Waals surface area contributed by atoms with Gasteiger partial charge in [0.1, 0.15) is 7.14 Å². The molecule has 0 aromatic heterocycles. The smallest absolute Gasteiger partial charge is 0.145 e. The first kappa shape index (κ1) is 18.6. The number of benzene rings is 3. The van der Waals surface area contributed by atoms with Gasteiger partial charge in [-0.3, -0.25) is 0 Å². The Morgan fingerprint density at radius 2 is 1.19 bits per heavy atom. The van der Waals surface area contributed by atoms with Crippen LogP contribution in [0.2, 0.25) is 0 Å². The lowest BCUT2D eigenvalue weighted by molar-refractivity contribution is 0.445. The van der Waals surface area contributed by atoms with E-state index in [1.807, 2.05) is 78.9 Å². The third-order valence-corrected chi connectivity index (χ3v) is 8.17. The third-order valence-electron chi connectivity index (χ3n) is 4.90. The Kier molecular flexibility index (Phi) is 5.76. The monoisotopic (exact) mass is 363 g/mol. The van der Waals surface area contributed by atoms with Crippen molar-refractivity contribution < 1.29 is 4.57 Å². The zero-order valence-corrected chi connectivity index (χ0v) is 16.1. The van der Waals surface area contributed by atoms with Crippen LogP contribution in [0.5, 0.6) is 0 Å². The van der Waals surface area contributed by atoms with Crippen LogP contribution in [-0.2, 0) is 10.1 Å². The Balaban J connectivity index is 2.12. The van der Waals surface area contributed by atoms with Crippen LogP contribution in [0.4, 0.5) is 0 Å². The minimum Gasteiger partial charge on any atom is -0.321 e. The molecule has 3 heteroatoms. The molecule has 0 amide bonds. The Morgan fingerprint density at radius 3 is 1.62 bits per heavy atom. The van der Waals surface area contributed by atoms with Gasteiger partial charge in [-0.1, -0.05) is 104 Å². The van der Waals surface area contributed by atoms with Crippen molar-refractivity contribution in [1.29, 1.82) is 0 Å². The standard InChI is InChI=1S/C23H26NOP/c1-2-18-23(24,20-12-6-3-7-13-20)19-26(25,21-14-8-4-9-15-21)22-16-10-5-11-17-22/h3-17H,2,18-19,24H2,1H3. The molecule has 1 atom stereocenters. The molecule has 0 fully saturated rings. The molecule has 3 aromatic rings. The van der Waals surface area contributed by atoms with E-state index >= 15 is 0 Å². The van der Waals surface area contributed by atoms with Crippen molar-refractivity contribution in [2.45, 2.75) is 25.3 Å². The minimum atomic E-state index is -2.87. The number of hydrogen-bond donors (Lipinski definition) is 1. The zero-order chi connectivity index (χ0) is 18.5. The highest BCUT2D eigenvalue weighted by atomic mass is 31.2. The van der Waals surface area contributed by atoms with E-state index in [9.17, 15) is 4.57 Å². The van der Waals surface area contributed by atoms with Crippen molar-refractivity contribution in [3.8, 4) is 0 Å². The summed E-state index contributed by atoms with van der Waals surface area (Å²) in [4.78, 5) is 0. The Labute approximate surface area is 156 Å².